The first-order chi connectivity index (χ1) is 16.2. The molecule has 1 aliphatic carbocycles. The predicted octanol–water partition coefficient (Wildman–Crippen LogP) is 5.43. The molecule has 0 heterocycles. The van der Waals surface area contributed by atoms with Crippen LogP contribution in [0.1, 0.15) is 62.0 Å². The number of carbonyl (C=O) groups excluding carboxylic acids is 2. The molecule has 1 aliphatic rings. The van der Waals surface area contributed by atoms with Crippen molar-refractivity contribution in [2.45, 2.75) is 69.5 Å². The van der Waals surface area contributed by atoms with E-state index in [4.69, 9.17) is 0 Å². The molecule has 2 aromatic rings. The molecule has 1 saturated carbocycles. The molecule has 5 nitrogen and oxygen atoms in total. The third-order valence-electron chi connectivity index (χ3n) is 5.90. The number of hydrogen-bond donors (Lipinski definition) is 2. The standard InChI is InChI=1S/C26H27F4N3O2/c1-16(34)17-4-6-18(7-5-17)19-8-10-20(11-9-19)22(26(28,29)30)32-23(35)21(14-24(2,3)27)33-25(15-31)12-13-25/h4-11,21-22,33H,12-14H2,1-3H3,(H,32,35)/t21-,22-/m0/s1. The van der Waals surface area contributed by atoms with Crippen LogP contribution in [-0.4, -0.2) is 35.1 Å². The minimum absolute atomic E-state index is 0.0954. The molecular formula is C26H27F4N3O2. The Labute approximate surface area is 201 Å². The average molecular weight is 490 g/mol. The fourth-order valence-electron chi connectivity index (χ4n) is 3.80. The molecule has 1 fully saturated rings. The molecule has 1 amide bonds. The maximum absolute atomic E-state index is 14.3. The van der Waals surface area contributed by atoms with Gasteiger partial charge in [-0.15, -0.1) is 0 Å². The lowest BCUT2D eigenvalue weighted by molar-refractivity contribution is -0.164. The zero-order valence-electron chi connectivity index (χ0n) is 19.7. The van der Waals surface area contributed by atoms with E-state index in [1.54, 1.807) is 24.3 Å². The van der Waals surface area contributed by atoms with E-state index in [0.717, 1.165) is 5.56 Å². The predicted molar refractivity (Wildman–Crippen MR) is 123 cm³/mol. The molecule has 0 aliphatic heterocycles. The summed E-state index contributed by atoms with van der Waals surface area (Å²) in [4.78, 5) is 24.3. The van der Waals surface area contributed by atoms with Gasteiger partial charge in [-0.25, -0.2) is 4.39 Å². The second-order valence-corrected chi connectivity index (χ2v) is 9.55. The van der Waals surface area contributed by atoms with Gasteiger partial charge in [0.15, 0.2) is 11.8 Å². The number of benzene rings is 2. The maximum Gasteiger partial charge on any atom is 0.412 e. The third kappa shape index (κ3) is 6.89. The molecule has 186 valence electrons. The largest absolute Gasteiger partial charge is 0.412 e. The van der Waals surface area contributed by atoms with Gasteiger partial charge in [-0.05, 0) is 50.3 Å². The van der Waals surface area contributed by atoms with Gasteiger partial charge >= 0.3 is 6.18 Å². The molecule has 35 heavy (non-hydrogen) atoms. The fourth-order valence-corrected chi connectivity index (χ4v) is 3.80. The molecular weight excluding hydrogens is 462 g/mol. The van der Waals surface area contributed by atoms with E-state index in [-0.39, 0.29) is 17.8 Å². The van der Waals surface area contributed by atoms with Crippen molar-refractivity contribution in [2.75, 3.05) is 0 Å². The van der Waals surface area contributed by atoms with Gasteiger partial charge in [-0.1, -0.05) is 48.5 Å². The quantitative estimate of drug-likeness (QED) is 0.364. The number of rotatable bonds is 9. The Hall–Kier alpha value is -3.25. The minimum atomic E-state index is -4.80. The first-order valence-electron chi connectivity index (χ1n) is 11.2. The lowest BCUT2D eigenvalue weighted by atomic mass is 9.97. The Balaban J connectivity index is 1.82. The number of nitrogens with zero attached hydrogens (tertiary/aromatic N) is 1. The molecule has 0 saturated heterocycles. The number of halogens is 4. The van der Waals surface area contributed by atoms with E-state index in [1.165, 1.54) is 45.0 Å². The minimum Gasteiger partial charge on any atom is -0.339 e. The second-order valence-electron chi connectivity index (χ2n) is 9.55. The summed E-state index contributed by atoms with van der Waals surface area (Å²) in [7, 11) is 0. The van der Waals surface area contributed by atoms with Gasteiger partial charge < -0.3 is 5.32 Å². The highest BCUT2D eigenvalue weighted by molar-refractivity contribution is 5.94. The van der Waals surface area contributed by atoms with E-state index >= 15 is 0 Å². The zero-order valence-corrected chi connectivity index (χ0v) is 19.7. The van der Waals surface area contributed by atoms with Crippen LogP contribution in [0.4, 0.5) is 17.6 Å². The topological polar surface area (TPSA) is 82.0 Å². The summed E-state index contributed by atoms with van der Waals surface area (Å²) in [6, 6.07) is 10.6. The summed E-state index contributed by atoms with van der Waals surface area (Å²) >= 11 is 0. The van der Waals surface area contributed by atoms with E-state index in [0.29, 0.717) is 24.0 Å². The number of hydrogen-bond acceptors (Lipinski definition) is 4. The van der Waals surface area contributed by atoms with Crippen LogP contribution >= 0.6 is 0 Å². The van der Waals surface area contributed by atoms with Gasteiger partial charge in [0.05, 0.1) is 12.1 Å². The summed E-state index contributed by atoms with van der Waals surface area (Å²) in [5, 5.41) is 14.1. The van der Waals surface area contributed by atoms with Crippen LogP contribution in [-0.2, 0) is 4.79 Å². The third-order valence-corrected chi connectivity index (χ3v) is 5.90. The van der Waals surface area contributed by atoms with Crippen molar-refractivity contribution in [1.29, 1.82) is 5.26 Å². The van der Waals surface area contributed by atoms with Gasteiger partial charge in [0, 0.05) is 12.0 Å². The summed E-state index contributed by atoms with van der Waals surface area (Å²) in [6.45, 7) is 3.89. The molecule has 0 radical (unpaired) electrons. The number of Topliss-reactive ketones (excluding diaryl/α,β-unsaturated/α-hetero) is 1. The Morgan fingerprint density at radius 3 is 1.91 bits per heavy atom. The Kier molecular flexibility index (Phi) is 7.37. The second kappa shape index (κ2) is 9.78. The van der Waals surface area contributed by atoms with Gasteiger partial charge in [-0.2, -0.15) is 18.4 Å². The molecule has 0 spiro atoms. The summed E-state index contributed by atoms with van der Waals surface area (Å²) in [5.74, 6) is -1.12. The Bertz CT molecular complexity index is 1110. The molecule has 2 aromatic carbocycles. The number of ketones is 1. The van der Waals surface area contributed by atoms with Crippen LogP contribution in [0.3, 0.4) is 0 Å². The molecule has 2 atom stereocenters. The Morgan fingerprint density at radius 1 is 1.00 bits per heavy atom. The monoisotopic (exact) mass is 489 g/mol. The number of nitrogens with one attached hydrogen (secondary N) is 2. The molecule has 2 N–H and O–H groups in total. The molecule has 0 unspecified atom stereocenters. The van der Waals surface area contributed by atoms with Crippen LogP contribution in [0.2, 0.25) is 0 Å². The SMILES string of the molecule is CC(=O)c1ccc(-c2ccc([C@H](NC(=O)[C@H](CC(C)(C)F)NC3(C#N)CC3)C(F)(F)F)cc2)cc1. The number of nitriles is 1. The van der Waals surface area contributed by atoms with Crippen LogP contribution in [0.5, 0.6) is 0 Å². The van der Waals surface area contributed by atoms with Crippen molar-refractivity contribution < 1.29 is 27.2 Å². The van der Waals surface area contributed by atoms with Gasteiger partial charge in [-0.3, -0.25) is 14.9 Å². The number of amides is 1. The molecule has 0 aromatic heterocycles. The highest BCUT2D eigenvalue weighted by Crippen LogP contribution is 2.37. The highest BCUT2D eigenvalue weighted by atomic mass is 19.4. The van der Waals surface area contributed by atoms with Crippen molar-refractivity contribution in [1.82, 2.24) is 10.6 Å². The molecule has 3 rings (SSSR count). The van der Waals surface area contributed by atoms with Crippen molar-refractivity contribution >= 4 is 11.7 Å². The van der Waals surface area contributed by atoms with Crippen molar-refractivity contribution in [3.63, 3.8) is 0 Å². The van der Waals surface area contributed by atoms with Crippen LogP contribution in [0, 0.1) is 11.3 Å². The molecule has 0 bridgehead atoms. The lowest BCUT2D eigenvalue weighted by Gasteiger charge is -2.29. The van der Waals surface area contributed by atoms with E-state index in [2.05, 4.69) is 5.32 Å². The number of alkyl halides is 4. The zero-order chi connectivity index (χ0) is 26.0. The van der Waals surface area contributed by atoms with Crippen molar-refractivity contribution in [3.8, 4) is 17.2 Å². The first kappa shape index (κ1) is 26.4. The van der Waals surface area contributed by atoms with E-state index in [9.17, 15) is 32.4 Å². The van der Waals surface area contributed by atoms with Crippen molar-refractivity contribution in [3.05, 3.63) is 59.7 Å². The fraction of sp³-hybridized carbons (Fsp3) is 0.423. The summed E-state index contributed by atoms with van der Waals surface area (Å²) in [6.07, 6.45) is -4.31. The summed E-state index contributed by atoms with van der Waals surface area (Å²) in [5.41, 5.74) is -1.16. The summed E-state index contributed by atoms with van der Waals surface area (Å²) < 4.78 is 56.1. The van der Waals surface area contributed by atoms with Gasteiger partial charge in [0.1, 0.15) is 11.2 Å². The normalized spacial score (nSPS) is 16.6. The highest BCUT2D eigenvalue weighted by Gasteiger charge is 2.48. The van der Waals surface area contributed by atoms with Gasteiger partial charge in [0.25, 0.3) is 0 Å². The Morgan fingerprint density at radius 2 is 1.51 bits per heavy atom. The van der Waals surface area contributed by atoms with E-state index in [1.807, 2.05) is 11.4 Å². The lowest BCUT2D eigenvalue weighted by Crippen LogP contribution is -2.53. The van der Waals surface area contributed by atoms with Crippen LogP contribution in [0.15, 0.2) is 48.5 Å². The maximum atomic E-state index is 14.3. The molecule has 9 heteroatoms. The average Bonchev–Trinajstić information content (AvgIpc) is 3.55. The van der Waals surface area contributed by atoms with Gasteiger partial charge in [0.2, 0.25) is 5.91 Å². The first-order valence-corrected chi connectivity index (χ1v) is 11.2. The van der Waals surface area contributed by atoms with Crippen molar-refractivity contribution in [2.24, 2.45) is 0 Å². The smallest absolute Gasteiger partial charge is 0.339 e. The van der Waals surface area contributed by atoms with Crippen LogP contribution in [0.25, 0.3) is 11.1 Å². The number of carbonyl (C=O) groups is 2. The van der Waals surface area contributed by atoms with E-state index < -0.39 is 35.4 Å². The van der Waals surface area contributed by atoms with Crippen LogP contribution < -0.4 is 10.6 Å².